The number of hydrogen-bond acceptors (Lipinski definition) is 3. The Kier molecular flexibility index (Phi) is 6.81. The van der Waals surface area contributed by atoms with E-state index >= 15 is 0 Å². The van der Waals surface area contributed by atoms with Crippen LogP contribution in [0, 0.1) is 5.92 Å². The molecular weight excluding hydrogens is 326 g/mol. The highest BCUT2D eigenvalue weighted by Gasteiger charge is 2.21. The maximum absolute atomic E-state index is 10.8. The van der Waals surface area contributed by atoms with Crippen LogP contribution in [0.4, 0.5) is 0 Å². The molecule has 0 spiro atoms. The Morgan fingerprint density at radius 2 is 1.54 bits per heavy atom. The summed E-state index contributed by atoms with van der Waals surface area (Å²) in [4.78, 5) is 13.2. The minimum absolute atomic E-state index is 0.0538. The zero-order chi connectivity index (χ0) is 18.2. The Labute approximate surface area is 155 Å². The molecule has 1 saturated heterocycles. The number of aliphatic carboxylic acids is 1. The molecule has 0 atom stereocenters. The van der Waals surface area contributed by atoms with Gasteiger partial charge in [-0.25, -0.2) is 0 Å². The topological polar surface area (TPSA) is 49.8 Å². The molecule has 26 heavy (non-hydrogen) atoms. The van der Waals surface area contributed by atoms with E-state index in [0.29, 0.717) is 18.9 Å². The van der Waals surface area contributed by atoms with Crippen LogP contribution in [0.1, 0.15) is 36.5 Å². The van der Waals surface area contributed by atoms with Crippen LogP contribution in [0.2, 0.25) is 0 Å². The molecular formula is C22H27NO3. The smallest absolute Gasteiger partial charge is 0.303 e. The molecule has 4 heteroatoms. The highest BCUT2D eigenvalue weighted by Crippen LogP contribution is 2.26. The summed E-state index contributed by atoms with van der Waals surface area (Å²) in [5, 5.41) is 8.92. The van der Waals surface area contributed by atoms with Gasteiger partial charge in [0.2, 0.25) is 0 Å². The van der Waals surface area contributed by atoms with Crippen LogP contribution in [0.15, 0.2) is 60.7 Å². The number of carboxylic acids is 1. The van der Waals surface area contributed by atoms with Gasteiger partial charge < -0.3 is 14.7 Å². The molecule has 1 heterocycles. The summed E-state index contributed by atoms with van der Waals surface area (Å²) < 4.78 is 6.27. The van der Waals surface area contributed by atoms with Gasteiger partial charge in [0.25, 0.3) is 0 Å². The third kappa shape index (κ3) is 5.41. The highest BCUT2D eigenvalue weighted by atomic mass is 16.5. The molecule has 0 amide bonds. The Balaban J connectivity index is 1.52. The van der Waals surface area contributed by atoms with Gasteiger partial charge in [0.05, 0.1) is 6.61 Å². The minimum atomic E-state index is -0.680. The normalized spacial score (nSPS) is 16.0. The largest absolute Gasteiger partial charge is 0.481 e. The average Bonchev–Trinajstić information content (AvgIpc) is 2.67. The van der Waals surface area contributed by atoms with Gasteiger partial charge in [0.1, 0.15) is 6.10 Å². The number of hydrogen-bond donors (Lipinski definition) is 1. The first kappa shape index (κ1) is 18.6. The van der Waals surface area contributed by atoms with E-state index in [2.05, 4.69) is 29.2 Å². The molecule has 0 saturated carbocycles. The maximum atomic E-state index is 10.8. The fraction of sp³-hybridized carbons (Fsp3) is 0.409. The van der Waals surface area contributed by atoms with Crippen LogP contribution in [0.5, 0.6) is 0 Å². The number of carboxylic acid groups (broad SMARTS) is 1. The van der Waals surface area contributed by atoms with Crippen LogP contribution in [0.25, 0.3) is 0 Å². The predicted octanol–water partition coefficient (Wildman–Crippen LogP) is 3.98. The van der Waals surface area contributed by atoms with Crippen molar-refractivity contribution in [1.29, 1.82) is 0 Å². The van der Waals surface area contributed by atoms with Crippen molar-refractivity contribution >= 4 is 5.97 Å². The van der Waals surface area contributed by atoms with Gasteiger partial charge >= 0.3 is 5.97 Å². The lowest BCUT2D eigenvalue weighted by Gasteiger charge is -2.31. The van der Waals surface area contributed by atoms with E-state index in [4.69, 9.17) is 9.84 Å². The van der Waals surface area contributed by atoms with E-state index in [9.17, 15) is 4.79 Å². The zero-order valence-electron chi connectivity index (χ0n) is 15.1. The number of rotatable bonds is 8. The molecule has 1 fully saturated rings. The lowest BCUT2D eigenvalue weighted by molar-refractivity contribution is -0.138. The van der Waals surface area contributed by atoms with Crippen molar-refractivity contribution in [3.63, 3.8) is 0 Å². The first-order valence-electron chi connectivity index (χ1n) is 9.38. The van der Waals surface area contributed by atoms with Crippen molar-refractivity contribution in [3.8, 4) is 0 Å². The lowest BCUT2D eigenvalue weighted by Crippen LogP contribution is -2.36. The van der Waals surface area contributed by atoms with Crippen molar-refractivity contribution in [1.82, 2.24) is 4.90 Å². The molecule has 0 bridgehead atoms. The second-order valence-electron chi connectivity index (χ2n) is 6.96. The monoisotopic (exact) mass is 353 g/mol. The molecule has 0 unspecified atom stereocenters. The Bertz CT molecular complexity index is 627. The molecule has 4 nitrogen and oxygen atoms in total. The molecule has 2 aromatic rings. The second kappa shape index (κ2) is 9.51. The third-order valence-electron chi connectivity index (χ3n) is 5.07. The van der Waals surface area contributed by atoms with Gasteiger partial charge in [-0.1, -0.05) is 60.7 Å². The zero-order valence-corrected chi connectivity index (χ0v) is 15.1. The van der Waals surface area contributed by atoms with Crippen LogP contribution in [-0.4, -0.2) is 42.2 Å². The number of nitrogens with zero attached hydrogens (tertiary/aromatic N) is 1. The van der Waals surface area contributed by atoms with Crippen molar-refractivity contribution < 1.29 is 14.6 Å². The molecule has 1 aliphatic rings. The van der Waals surface area contributed by atoms with Gasteiger partial charge in [-0.3, -0.25) is 4.79 Å². The van der Waals surface area contributed by atoms with Gasteiger partial charge in [-0.05, 0) is 43.0 Å². The summed E-state index contributed by atoms with van der Waals surface area (Å²) in [6, 6.07) is 20.6. The van der Waals surface area contributed by atoms with Crippen LogP contribution >= 0.6 is 0 Å². The summed E-state index contributed by atoms with van der Waals surface area (Å²) >= 11 is 0. The second-order valence-corrected chi connectivity index (χ2v) is 6.96. The number of benzene rings is 2. The summed E-state index contributed by atoms with van der Waals surface area (Å²) in [5.74, 6) is -0.355. The van der Waals surface area contributed by atoms with Crippen LogP contribution in [-0.2, 0) is 9.53 Å². The number of piperidine rings is 1. The van der Waals surface area contributed by atoms with Gasteiger partial charge in [-0.2, -0.15) is 0 Å². The first-order valence-corrected chi connectivity index (χ1v) is 9.38. The molecule has 1 aliphatic heterocycles. The summed E-state index contributed by atoms with van der Waals surface area (Å²) in [7, 11) is 0. The minimum Gasteiger partial charge on any atom is -0.481 e. The van der Waals surface area contributed by atoms with Gasteiger partial charge in [0, 0.05) is 13.0 Å². The highest BCUT2D eigenvalue weighted by molar-refractivity contribution is 5.67. The van der Waals surface area contributed by atoms with E-state index in [1.165, 1.54) is 11.1 Å². The van der Waals surface area contributed by atoms with E-state index < -0.39 is 5.97 Å². The van der Waals surface area contributed by atoms with Crippen molar-refractivity contribution in [2.75, 3.05) is 26.2 Å². The first-order chi connectivity index (χ1) is 12.7. The third-order valence-corrected chi connectivity index (χ3v) is 5.07. The number of carbonyl (C=O) groups is 1. The molecule has 0 aromatic heterocycles. The molecule has 0 radical (unpaired) electrons. The van der Waals surface area contributed by atoms with Crippen molar-refractivity contribution in [2.45, 2.75) is 25.4 Å². The van der Waals surface area contributed by atoms with Crippen molar-refractivity contribution in [3.05, 3.63) is 71.8 Å². The molecule has 138 valence electrons. The van der Waals surface area contributed by atoms with Gasteiger partial charge in [0.15, 0.2) is 0 Å². The van der Waals surface area contributed by atoms with E-state index in [0.717, 1.165) is 32.5 Å². The van der Waals surface area contributed by atoms with Gasteiger partial charge in [-0.15, -0.1) is 0 Å². The van der Waals surface area contributed by atoms with E-state index in [1.807, 2.05) is 36.4 Å². The maximum Gasteiger partial charge on any atom is 0.303 e. The van der Waals surface area contributed by atoms with E-state index in [1.54, 1.807) is 0 Å². The summed E-state index contributed by atoms with van der Waals surface area (Å²) in [6.07, 6.45) is 2.18. The van der Waals surface area contributed by atoms with Crippen molar-refractivity contribution in [2.24, 2.45) is 5.92 Å². The molecule has 1 N–H and O–H groups in total. The Hall–Kier alpha value is -2.17. The lowest BCUT2D eigenvalue weighted by atomic mass is 9.94. The summed E-state index contributed by atoms with van der Waals surface area (Å²) in [6.45, 7) is 3.47. The van der Waals surface area contributed by atoms with E-state index in [-0.39, 0.29) is 6.10 Å². The van der Waals surface area contributed by atoms with Crippen LogP contribution in [0.3, 0.4) is 0 Å². The average molecular weight is 353 g/mol. The molecule has 3 rings (SSSR count). The summed E-state index contributed by atoms with van der Waals surface area (Å²) in [5.41, 5.74) is 2.33. The number of ether oxygens (including phenoxy) is 1. The molecule has 0 aliphatic carbocycles. The standard InChI is InChI=1S/C22H27NO3/c24-21(25)17-18-11-13-23(14-12-18)15-16-26-22(19-7-3-1-4-8-19)20-9-5-2-6-10-20/h1-10,18,22H,11-17H2,(H,24,25). The Morgan fingerprint density at radius 1 is 1.00 bits per heavy atom. The predicted molar refractivity (Wildman–Crippen MR) is 102 cm³/mol. The molecule has 2 aromatic carbocycles. The quantitative estimate of drug-likeness (QED) is 0.780. The Morgan fingerprint density at radius 3 is 2.04 bits per heavy atom. The number of likely N-dealkylation sites (tertiary alicyclic amines) is 1. The van der Waals surface area contributed by atoms with Crippen LogP contribution < -0.4 is 0 Å². The fourth-order valence-corrected chi connectivity index (χ4v) is 3.60. The fourth-order valence-electron chi connectivity index (χ4n) is 3.60. The SMILES string of the molecule is O=C(O)CC1CCN(CCOC(c2ccccc2)c2ccccc2)CC1.